The molecule has 0 amide bonds. The van der Waals surface area contributed by atoms with Crippen molar-refractivity contribution in [2.24, 2.45) is 11.8 Å². The Labute approximate surface area is 188 Å². The van der Waals surface area contributed by atoms with Gasteiger partial charge in [-0.15, -0.1) is 13.0 Å². The van der Waals surface area contributed by atoms with Gasteiger partial charge in [0.05, 0.1) is 17.1 Å². The van der Waals surface area contributed by atoms with E-state index in [0.717, 1.165) is 41.5 Å². The van der Waals surface area contributed by atoms with Crippen LogP contribution in [0.3, 0.4) is 0 Å². The highest BCUT2D eigenvalue weighted by Crippen LogP contribution is 2.43. The van der Waals surface area contributed by atoms with Gasteiger partial charge in [0.1, 0.15) is 6.10 Å². The maximum atomic E-state index is 13.2. The lowest BCUT2D eigenvalue weighted by Crippen LogP contribution is -2.55. The second-order valence-corrected chi connectivity index (χ2v) is 8.71. The standard InChI is InChI=1S/C28H26N2O2/c1-3-19-9-11-21(12-10-19)28(31)32-27(24-13-15-29-25-8-6-5-7-23(24)25)26-17-22-14-16-30(26)18-20(22)4-2/h1,4-13,15,20,22,26-27H,2,14,16-18H2/t20?,22?,26?,27-/m1/s1. The molecule has 160 valence electrons. The van der Waals surface area contributed by atoms with Gasteiger partial charge in [0.2, 0.25) is 0 Å². The summed E-state index contributed by atoms with van der Waals surface area (Å²) in [6, 6.07) is 17.2. The van der Waals surface area contributed by atoms with E-state index in [4.69, 9.17) is 11.2 Å². The van der Waals surface area contributed by atoms with Crippen LogP contribution in [0.5, 0.6) is 0 Å². The molecule has 3 fully saturated rings. The molecule has 3 aliphatic rings. The zero-order chi connectivity index (χ0) is 22.1. The molecule has 32 heavy (non-hydrogen) atoms. The molecule has 4 nitrogen and oxygen atoms in total. The van der Waals surface area contributed by atoms with Crippen LogP contribution in [-0.4, -0.2) is 35.0 Å². The maximum Gasteiger partial charge on any atom is 0.338 e. The number of nitrogens with zero attached hydrogens (tertiary/aromatic N) is 2. The van der Waals surface area contributed by atoms with Crippen molar-refractivity contribution >= 4 is 16.9 Å². The summed E-state index contributed by atoms with van der Waals surface area (Å²) in [5.41, 5.74) is 3.16. The van der Waals surface area contributed by atoms with Crippen LogP contribution >= 0.6 is 0 Å². The lowest BCUT2D eigenvalue weighted by atomic mass is 9.73. The van der Waals surface area contributed by atoms with Gasteiger partial charge in [-0.05, 0) is 67.6 Å². The number of carbonyl (C=O) groups is 1. The summed E-state index contributed by atoms with van der Waals surface area (Å²) in [5, 5.41) is 1.03. The van der Waals surface area contributed by atoms with Gasteiger partial charge in [0.25, 0.3) is 0 Å². The van der Waals surface area contributed by atoms with Crippen molar-refractivity contribution in [1.29, 1.82) is 0 Å². The Hall–Kier alpha value is -3.42. The number of terminal acetylenes is 1. The third-order valence-electron chi connectivity index (χ3n) is 7.01. The molecule has 0 spiro atoms. The van der Waals surface area contributed by atoms with Crippen molar-refractivity contribution in [3.05, 3.63) is 90.1 Å². The Kier molecular flexibility index (Phi) is 5.51. The first-order valence-corrected chi connectivity index (χ1v) is 11.2. The number of pyridine rings is 1. The highest BCUT2D eigenvalue weighted by atomic mass is 16.5. The van der Waals surface area contributed by atoms with Crippen LogP contribution in [0.15, 0.2) is 73.4 Å². The zero-order valence-corrected chi connectivity index (χ0v) is 18.0. The summed E-state index contributed by atoms with van der Waals surface area (Å²) in [7, 11) is 0. The Morgan fingerprint density at radius 3 is 2.75 bits per heavy atom. The molecule has 0 aliphatic carbocycles. The number of piperidine rings is 3. The third-order valence-corrected chi connectivity index (χ3v) is 7.01. The molecular weight excluding hydrogens is 396 g/mol. The smallest absolute Gasteiger partial charge is 0.338 e. The van der Waals surface area contributed by atoms with Gasteiger partial charge in [0, 0.05) is 29.3 Å². The number of rotatable bonds is 5. The van der Waals surface area contributed by atoms with Crippen molar-refractivity contribution in [2.45, 2.75) is 25.0 Å². The Bertz CT molecular complexity index is 1190. The molecule has 4 heterocycles. The minimum atomic E-state index is -0.378. The molecule has 0 radical (unpaired) electrons. The van der Waals surface area contributed by atoms with Crippen LogP contribution < -0.4 is 0 Å². The number of para-hydroxylation sites is 1. The zero-order valence-electron chi connectivity index (χ0n) is 18.0. The summed E-state index contributed by atoms with van der Waals surface area (Å²) in [6.07, 6.45) is 11.1. The molecule has 1 aromatic heterocycles. The van der Waals surface area contributed by atoms with Gasteiger partial charge in [-0.2, -0.15) is 0 Å². The van der Waals surface area contributed by atoms with Crippen molar-refractivity contribution in [1.82, 2.24) is 9.88 Å². The summed E-state index contributed by atoms with van der Waals surface area (Å²) in [5.74, 6) is 3.33. The second-order valence-electron chi connectivity index (χ2n) is 8.71. The first kappa shape index (κ1) is 20.5. The molecule has 3 aliphatic heterocycles. The second kappa shape index (κ2) is 8.61. The topological polar surface area (TPSA) is 42.4 Å². The van der Waals surface area contributed by atoms with E-state index < -0.39 is 0 Å². The number of aromatic nitrogens is 1. The number of hydrogen-bond donors (Lipinski definition) is 0. The van der Waals surface area contributed by atoms with E-state index in [-0.39, 0.29) is 18.1 Å². The monoisotopic (exact) mass is 422 g/mol. The number of carbonyl (C=O) groups excluding carboxylic acids is 1. The van der Waals surface area contributed by atoms with Crippen molar-refractivity contribution < 1.29 is 9.53 Å². The summed E-state index contributed by atoms with van der Waals surface area (Å²) in [6.45, 7) is 6.03. The summed E-state index contributed by atoms with van der Waals surface area (Å²) >= 11 is 0. The summed E-state index contributed by atoms with van der Waals surface area (Å²) in [4.78, 5) is 20.2. The van der Waals surface area contributed by atoms with E-state index in [1.807, 2.05) is 30.5 Å². The molecule has 2 bridgehead atoms. The van der Waals surface area contributed by atoms with Crippen LogP contribution in [0.4, 0.5) is 0 Å². The van der Waals surface area contributed by atoms with Gasteiger partial charge in [0.15, 0.2) is 0 Å². The van der Waals surface area contributed by atoms with Crippen LogP contribution in [0, 0.1) is 24.2 Å². The Morgan fingerprint density at radius 2 is 2.03 bits per heavy atom. The van der Waals surface area contributed by atoms with Gasteiger partial charge >= 0.3 is 5.97 Å². The predicted molar refractivity (Wildman–Crippen MR) is 126 cm³/mol. The van der Waals surface area contributed by atoms with Crippen LogP contribution in [0.1, 0.15) is 40.4 Å². The first-order chi connectivity index (χ1) is 15.7. The lowest BCUT2D eigenvalue weighted by molar-refractivity contribution is -0.0568. The van der Waals surface area contributed by atoms with Crippen LogP contribution in [-0.2, 0) is 4.74 Å². The van der Waals surface area contributed by atoms with Gasteiger partial charge in [-0.25, -0.2) is 4.79 Å². The van der Waals surface area contributed by atoms with Gasteiger partial charge < -0.3 is 4.74 Å². The minimum absolute atomic E-state index is 0.129. The predicted octanol–water partition coefficient (Wildman–Crippen LogP) is 5.01. The van der Waals surface area contributed by atoms with Crippen molar-refractivity contribution in [3.8, 4) is 12.3 Å². The number of fused-ring (bicyclic) bond motifs is 4. The quantitative estimate of drug-likeness (QED) is 0.329. The average Bonchev–Trinajstić information content (AvgIpc) is 2.87. The molecule has 5 atom stereocenters. The normalized spacial score (nSPS) is 25.1. The molecule has 2 aromatic carbocycles. The molecule has 4 heteroatoms. The number of hydrogen-bond acceptors (Lipinski definition) is 4. The molecule has 3 saturated heterocycles. The number of benzene rings is 2. The largest absolute Gasteiger partial charge is 0.452 e. The highest BCUT2D eigenvalue weighted by molar-refractivity contribution is 5.90. The van der Waals surface area contributed by atoms with Crippen molar-refractivity contribution in [3.63, 3.8) is 0 Å². The molecular formula is C28H26N2O2. The molecule has 4 unspecified atom stereocenters. The minimum Gasteiger partial charge on any atom is -0.452 e. The maximum absolute atomic E-state index is 13.2. The SMILES string of the molecule is C#Cc1ccc(C(=O)O[C@H](c2ccnc3ccccc23)C2CC3CCN2CC3C=C)cc1. The van der Waals surface area contributed by atoms with Gasteiger partial charge in [-0.1, -0.05) is 30.2 Å². The molecule has 6 rings (SSSR count). The average molecular weight is 423 g/mol. The van der Waals surface area contributed by atoms with E-state index >= 15 is 0 Å². The highest BCUT2D eigenvalue weighted by Gasteiger charge is 2.44. The van der Waals surface area contributed by atoms with E-state index in [2.05, 4.69) is 34.5 Å². The van der Waals surface area contributed by atoms with E-state index in [1.54, 1.807) is 24.3 Å². The Balaban J connectivity index is 1.52. The van der Waals surface area contributed by atoms with Crippen LogP contribution in [0.25, 0.3) is 10.9 Å². The molecule has 0 saturated carbocycles. The van der Waals surface area contributed by atoms with E-state index in [1.165, 1.54) is 6.42 Å². The molecule has 3 aromatic rings. The van der Waals surface area contributed by atoms with Gasteiger partial charge in [-0.3, -0.25) is 9.88 Å². The number of esters is 1. The fourth-order valence-electron chi connectivity index (χ4n) is 5.29. The fraction of sp³-hybridized carbons (Fsp3) is 0.286. The summed E-state index contributed by atoms with van der Waals surface area (Å²) < 4.78 is 6.28. The van der Waals surface area contributed by atoms with E-state index in [0.29, 0.717) is 17.4 Å². The third kappa shape index (κ3) is 3.70. The Morgan fingerprint density at radius 1 is 1.22 bits per heavy atom. The lowest BCUT2D eigenvalue weighted by Gasteiger charge is -2.51. The first-order valence-electron chi connectivity index (χ1n) is 11.2. The molecule has 0 N–H and O–H groups in total. The van der Waals surface area contributed by atoms with E-state index in [9.17, 15) is 4.79 Å². The van der Waals surface area contributed by atoms with Crippen LogP contribution in [0.2, 0.25) is 0 Å². The number of ether oxygens (including phenoxy) is 1. The van der Waals surface area contributed by atoms with Crippen molar-refractivity contribution in [2.75, 3.05) is 13.1 Å². The fourth-order valence-corrected chi connectivity index (χ4v) is 5.29.